The monoisotopic (exact) mass is 956 g/mol. The first kappa shape index (κ1) is 66.1. The van der Waals surface area contributed by atoms with Gasteiger partial charge in [-0.15, -0.1) is 0 Å². The van der Waals surface area contributed by atoms with Crippen molar-refractivity contribution in [3.05, 3.63) is 36.5 Å². The predicted molar refractivity (Wildman–Crippen MR) is 296 cm³/mol. The molecular weight excluding hydrogens is 839 g/mol. The molecule has 0 radical (unpaired) electrons. The Morgan fingerprint density at radius 1 is 0.397 bits per heavy atom. The third-order valence-electron chi connectivity index (χ3n) is 13.9. The number of amides is 1. The van der Waals surface area contributed by atoms with Crippen LogP contribution in [0.1, 0.15) is 322 Å². The standard InChI is InChI=1S/C62H117NO5/c1-3-5-7-9-11-13-14-36-40-44-48-52-56-62(67)68-57-53-49-45-41-37-34-32-30-28-26-24-22-20-18-16-15-17-19-21-23-25-27-29-31-33-35-39-43-47-51-55-61(66)63-59(58-64)60(65)54-50-46-42-38-12-10-8-6-4-2/h11,13,16,18,50,54,59-60,64-65H,3-10,12,14-15,17,19-49,51-53,55-58H2,1-2H3,(H,63,66)/b13-11-,18-16-,54-50+. The lowest BCUT2D eigenvalue weighted by Crippen LogP contribution is -2.45. The normalized spacial score (nSPS) is 12.8. The Hall–Kier alpha value is -1.92. The number of esters is 1. The minimum Gasteiger partial charge on any atom is -0.466 e. The minimum absolute atomic E-state index is 0.00631. The van der Waals surface area contributed by atoms with E-state index in [2.05, 4.69) is 43.5 Å². The van der Waals surface area contributed by atoms with Gasteiger partial charge in [-0.3, -0.25) is 9.59 Å². The van der Waals surface area contributed by atoms with Crippen LogP contribution in [0, 0.1) is 0 Å². The van der Waals surface area contributed by atoms with Gasteiger partial charge in [0.1, 0.15) is 0 Å². The van der Waals surface area contributed by atoms with Crippen molar-refractivity contribution in [2.24, 2.45) is 0 Å². The fraction of sp³-hybridized carbons (Fsp3) is 0.871. The third kappa shape index (κ3) is 53.4. The first-order valence-corrected chi connectivity index (χ1v) is 30.3. The molecule has 6 heteroatoms. The number of allylic oxidation sites excluding steroid dienone is 5. The van der Waals surface area contributed by atoms with E-state index in [0.29, 0.717) is 19.4 Å². The highest BCUT2D eigenvalue weighted by molar-refractivity contribution is 5.76. The number of aliphatic hydroxyl groups excluding tert-OH is 2. The Kier molecular flexibility index (Phi) is 56.0. The zero-order chi connectivity index (χ0) is 49.3. The lowest BCUT2D eigenvalue weighted by Gasteiger charge is -2.20. The quantitative estimate of drug-likeness (QED) is 0.0321. The van der Waals surface area contributed by atoms with Gasteiger partial charge in [0.15, 0.2) is 0 Å². The highest BCUT2D eigenvalue weighted by atomic mass is 16.5. The van der Waals surface area contributed by atoms with Crippen LogP contribution in [0.4, 0.5) is 0 Å². The van der Waals surface area contributed by atoms with Gasteiger partial charge >= 0.3 is 5.97 Å². The molecule has 400 valence electrons. The van der Waals surface area contributed by atoms with Crippen molar-refractivity contribution in [3.63, 3.8) is 0 Å². The van der Waals surface area contributed by atoms with Crippen LogP contribution >= 0.6 is 0 Å². The smallest absolute Gasteiger partial charge is 0.305 e. The Morgan fingerprint density at radius 2 is 0.691 bits per heavy atom. The van der Waals surface area contributed by atoms with Crippen LogP contribution in [-0.4, -0.2) is 47.4 Å². The molecule has 0 bridgehead atoms. The molecule has 0 aliphatic heterocycles. The number of rotatable bonds is 56. The molecule has 6 nitrogen and oxygen atoms in total. The number of ether oxygens (including phenoxy) is 1. The van der Waals surface area contributed by atoms with Gasteiger partial charge in [-0.1, -0.05) is 262 Å². The molecule has 1 amide bonds. The van der Waals surface area contributed by atoms with Gasteiger partial charge in [0.25, 0.3) is 0 Å². The van der Waals surface area contributed by atoms with E-state index < -0.39 is 12.1 Å². The van der Waals surface area contributed by atoms with Gasteiger partial charge in [0.05, 0.1) is 25.4 Å². The zero-order valence-electron chi connectivity index (χ0n) is 45.6. The van der Waals surface area contributed by atoms with Crippen molar-refractivity contribution < 1.29 is 24.5 Å². The van der Waals surface area contributed by atoms with Crippen LogP contribution in [0.25, 0.3) is 0 Å². The summed E-state index contributed by atoms with van der Waals surface area (Å²) in [7, 11) is 0. The van der Waals surface area contributed by atoms with Crippen LogP contribution in [0.2, 0.25) is 0 Å². The Morgan fingerprint density at radius 3 is 1.07 bits per heavy atom. The van der Waals surface area contributed by atoms with Gasteiger partial charge in [0.2, 0.25) is 5.91 Å². The van der Waals surface area contributed by atoms with Crippen molar-refractivity contribution in [2.45, 2.75) is 334 Å². The van der Waals surface area contributed by atoms with E-state index in [1.165, 1.54) is 250 Å². The molecule has 2 unspecified atom stereocenters. The largest absolute Gasteiger partial charge is 0.466 e. The second-order valence-electron chi connectivity index (χ2n) is 20.7. The Labute approximate surface area is 424 Å². The molecule has 68 heavy (non-hydrogen) atoms. The molecule has 0 saturated heterocycles. The van der Waals surface area contributed by atoms with Crippen molar-refractivity contribution in [1.82, 2.24) is 5.32 Å². The summed E-state index contributed by atoms with van der Waals surface area (Å²) in [6.07, 6.45) is 72.0. The molecule has 3 N–H and O–H groups in total. The van der Waals surface area contributed by atoms with E-state index in [1.807, 2.05) is 6.08 Å². The number of aliphatic hydroxyl groups is 2. The summed E-state index contributed by atoms with van der Waals surface area (Å²) in [5.74, 6) is -0.0626. The average molecular weight is 957 g/mol. The second kappa shape index (κ2) is 57.7. The molecule has 0 aromatic rings. The summed E-state index contributed by atoms with van der Waals surface area (Å²) in [6, 6.07) is -0.624. The molecule has 0 heterocycles. The molecule has 0 aliphatic rings. The van der Waals surface area contributed by atoms with Crippen LogP contribution < -0.4 is 5.32 Å². The summed E-state index contributed by atoms with van der Waals surface area (Å²) >= 11 is 0. The summed E-state index contributed by atoms with van der Waals surface area (Å²) in [6.45, 7) is 4.86. The number of carbonyl (C=O) groups excluding carboxylic acids is 2. The molecule has 0 aromatic heterocycles. The lowest BCUT2D eigenvalue weighted by molar-refractivity contribution is -0.143. The average Bonchev–Trinajstić information content (AvgIpc) is 3.34. The van der Waals surface area contributed by atoms with Gasteiger partial charge < -0.3 is 20.3 Å². The van der Waals surface area contributed by atoms with Crippen LogP contribution in [-0.2, 0) is 14.3 Å². The third-order valence-corrected chi connectivity index (χ3v) is 13.9. The topological polar surface area (TPSA) is 95.9 Å². The van der Waals surface area contributed by atoms with E-state index in [-0.39, 0.29) is 18.5 Å². The highest BCUT2D eigenvalue weighted by Crippen LogP contribution is 2.17. The number of hydrogen-bond acceptors (Lipinski definition) is 5. The van der Waals surface area contributed by atoms with E-state index in [4.69, 9.17) is 4.74 Å². The molecule has 2 atom stereocenters. The first-order chi connectivity index (χ1) is 33.5. The molecule has 0 saturated carbocycles. The van der Waals surface area contributed by atoms with E-state index in [9.17, 15) is 19.8 Å². The Bertz CT molecular complexity index is 1100. The van der Waals surface area contributed by atoms with E-state index in [1.54, 1.807) is 6.08 Å². The minimum atomic E-state index is -0.841. The van der Waals surface area contributed by atoms with Crippen LogP contribution in [0.5, 0.6) is 0 Å². The number of nitrogens with one attached hydrogen (secondary N) is 1. The lowest BCUT2D eigenvalue weighted by atomic mass is 10.0. The molecule has 0 fully saturated rings. The van der Waals surface area contributed by atoms with Crippen LogP contribution in [0.3, 0.4) is 0 Å². The molecule has 0 spiro atoms. The SMILES string of the molecule is CCCCC/C=C\CCCCCCCC(=O)OCCCCCCCCCCCCCC/C=C\CCCCCCCCCCCCCCCCC(=O)NC(CO)C(O)/C=C/CCCCCCCCC. The second-order valence-corrected chi connectivity index (χ2v) is 20.7. The number of carbonyl (C=O) groups is 2. The molecule has 0 aromatic carbocycles. The molecule has 0 aliphatic carbocycles. The number of unbranched alkanes of at least 4 members (excludes halogenated alkanes) is 41. The fourth-order valence-corrected chi connectivity index (χ4v) is 9.21. The summed E-state index contributed by atoms with van der Waals surface area (Å²) in [5, 5.41) is 22.9. The Balaban J connectivity index is 3.35. The highest BCUT2D eigenvalue weighted by Gasteiger charge is 2.18. The fourth-order valence-electron chi connectivity index (χ4n) is 9.21. The summed E-state index contributed by atoms with van der Waals surface area (Å²) in [5.41, 5.74) is 0. The van der Waals surface area contributed by atoms with Gasteiger partial charge in [-0.05, 0) is 83.5 Å². The van der Waals surface area contributed by atoms with E-state index in [0.717, 1.165) is 44.9 Å². The molecular formula is C62H117NO5. The predicted octanol–water partition coefficient (Wildman–Crippen LogP) is 18.8. The van der Waals surface area contributed by atoms with Gasteiger partial charge in [-0.2, -0.15) is 0 Å². The maximum absolute atomic E-state index is 12.4. The first-order valence-electron chi connectivity index (χ1n) is 30.3. The van der Waals surface area contributed by atoms with Gasteiger partial charge in [0, 0.05) is 12.8 Å². The van der Waals surface area contributed by atoms with Crippen LogP contribution in [0.15, 0.2) is 36.5 Å². The van der Waals surface area contributed by atoms with Crippen molar-refractivity contribution in [1.29, 1.82) is 0 Å². The maximum atomic E-state index is 12.4. The molecule has 0 rings (SSSR count). The zero-order valence-corrected chi connectivity index (χ0v) is 45.6. The summed E-state index contributed by atoms with van der Waals surface area (Å²) < 4.78 is 5.47. The van der Waals surface area contributed by atoms with Crippen molar-refractivity contribution >= 4 is 11.9 Å². The summed E-state index contributed by atoms with van der Waals surface area (Å²) in [4.78, 5) is 24.4. The van der Waals surface area contributed by atoms with E-state index >= 15 is 0 Å². The van der Waals surface area contributed by atoms with Crippen molar-refractivity contribution in [3.8, 4) is 0 Å². The maximum Gasteiger partial charge on any atom is 0.305 e. The van der Waals surface area contributed by atoms with Gasteiger partial charge in [-0.25, -0.2) is 0 Å². The number of hydrogen-bond donors (Lipinski definition) is 3. The van der Waals surface area contributed by atoms with Crippen molar-refractivity contribution in [2.75, 3.05) is 13.2 Å².